The summed E-state index contributed by atoms with van der Waals surface area (Å²) in [5.74, 6) is -0.895. The van der Waals surface area contributed by atoms with E-state index in [1.165, 1.54) is 4.90 Å². The standard InChI is InChI=1S/C10H16ClN3O3/c1-10(8(16)12-2)3-4-14(6-10)9(17)13-7(15)5-11/h3-6H2,1-2H3,(H,12,16)(H,13,15,17). The number of hydrogen-bond donors (Lipinski definition) is 2. The van der Waals surface area contributed by atoms with Crippen LogP contribution >= 0.6 is 11.6 Å². The van der Waals surface area contributed by atoms with Gasteiger partial charge in [0.05, 0.1) is 5.41 Å². The van der Waals surface area contributed by atoms with E-state index in [0.29, 0.717) is 19.5 Å². The first-order valence-corrected chi connectivity index (χ1v) is 5.83. The maximum Gasteiger partial charge on any atom is 0.324 e. The molecule has 7 heteroatoms. The third kappa shape index (κ3) is 3.09. The molecule has 0 aliphatic carbocycles. The molecule has 0 radical (unpaired) electrons. The second-order valence-corrected chi connectivity index (χ2v) is 4.57. The average molecular weight is 262 g/mol. The van der Waals surface area contributed by atoms with Gasteiger partial charge in [-0.15, -0.1) is 11.6 Å². The third-order valence-corrected chi connectivity index (χ3v) is 3.15. The highest BCUT2D eigenvalue weighted by atomic mass is 35.5. The average Bonchev–Trinajstić information content (AvgIpc) is 2.72. The van der Waals surface area contributed by atoms with Crippen LogP contribution in [0.2, 0.25) is 0 Å². The Morgan fingerprint density at radius 3 is 2.59 bits per heavy atom. The number of likely N-dealkylation sites (tertiary alicyclic amines) is 1. The van der Waals surface area contributed by atoms with Gasteiger partial charge in [-0.1, -0.05) is 0 Å². The number of alkyl halides is 1. The molecule has 1 rings (SSSR count). The van der Waals surface area contributed by atoms with Crippen LogP contribution in [0.15, 0.2) is 0 Å². The number of urea groups is 1. The Bertz CT molecular complexity index is 348. The van der Waals surface area contributed by atoms with Crippen LogP contribution in [-0.4, -0.2) is 48.8 Å². The van der Waals surface area contributed by atoms with Gasteiger partial charge >= 0.3 is 6.03 Å². The molecule has 6 nitrogen and oxygen atoms in total. The molecule has 1 aliphatic rings. The minimum Gasteiger partial charge on any atom is -0.359 e. The van der Waals surface area contributed by atoms with Gasteiger partial charge in [0.15, 0.2) is 0 Å². The summed E-state index contributed by atoms with van der Waals surface area (Å²) in [4.78, 5) is 35.6. The van der Waals surface area contributed by atoms with Crippen molar-refractivity contribution in [2.24, 2.45) is 5.41 Å². The Kier molecular flexibility index (Phi) is 4.34. The smallest absolute Gasteiger partial charge is 0.324 e. The molecule has 0 aromatic heterocycles. The van der Waals surface area contributed by atoms with Crippen molar-refractivity contribution in [2.75, 3.05) is 26.0 Å². The quantitative estimate of drug-likeness (QED) is 0.683. The molecule has 1 saturated heterocycles. The number of rotatable bonds is 2. The van der Waals surface area contributed by atoms with Crippen molar-refractivity contribution < 1.29 is 14.4 Å². The number of carbonyl (C=O) groups is 3. The second-order valence-electron chi connectivity index (χ2n) is 4.30. The number of carbonyl (C=O) groups excluding carboxylic acids is 3. The zero-order valence-corrected chi connectivity index (χ0v) is 10.6. The number of halogens is 1. The van der Waals surface area contributed by atoms with Gasteiger partial charge in [-0.05, 0) is 13.3 Å². The number of amides is 4. The first-order chi connectivity index (χ1) is 7.92. The molecular formula is C10H16ClN3O3. The fourth-order valence-electron chi connectivity index (χ4n) is 1.85. The lowest BCUT2D eigenvalue weighted by molar-refractivity contribution is -0.128. The fourth-order valence-corrected chi connectivity index (χ4v) is 1.92. The molecule has 1 aliphatic heterocycles. The molecule has 0 saturated carbocycles. The topological polar surface area (TPSA) is 78.5 Å². The van der Waals surface area contributed by atoms with Crippen molar-refractivity contribution >= 4 is 29.4 Å². The van der Waals surface area contributed by atoms with Gasteiger partial charge in [0.1, 0.15) is 5.88 Å². The predicted molar refractivity (Wildman–Crippen MR) is 62.6 cm³/mol. The summed E-state index contributed by atoms with van der Waals surface area (Å²) in [5.41, 5.74) is -0.587. The number of hydrogen-bond acceptors (Lipinski definition) is 3. The first-order valence-electron chi connectivity index (χ1n) is 5.30. The van der Waals surface area contributed by atoms with Gasteiger partial charge < -0.3 is 10.2 Å². The van der Waals surface area contributed by atoms with Crippen LogP contribution in [0.4, 0.5) is 4.79 Å². The molecule has 0 spiro atoms. The van der Waals surface area contributed by atoms with Gasteiger partial charge in [0.2, 0.25) is 11.8 Å². The lowest BCUT2D eigenvalue weighted by Crippen LogP contribution is -2.45. The van der Waals surface area contributed by atoms with E-state index in [4.69, 9.17) is 11.6 Å². The lowest BCUT2D eigenvalue weighted by atomic mass is 9.89. The molecule has 4 amide bonds. The van der Waals surface area contributed by atoms with Gasteiger partial charge in [-0.3, -0.25) is 14.9 Å². The Morgan fingerprint density at radius 2 is 2.06 bits per heavy atom. The molecule has 1 atom stereocenters. The summed E-state index contributed by atoms with van der Waals surface area (Å²) in [7, 11) is 1.56. The van der Waals surface area contributed by atoms with Crippen LogP contribution < -0.4 is 10.6 Å². The number of imide groups is 1. The highest BCUT2D eigenvalue weighted by Gasteiger charge is 2.41. The van der Waals surface area contributed by atoms with Crippen molar-refractivity contribution in [1.29, 1.82) is 0 Å². The zero-order valence-electron chi connectivity index (χ0n) is 9.88. The van der Waals surface area contributed by atoms with E-state index >= 15 is 0 Å². The summed E-state index contributed by atoms with van der Waals surface area (Å²) in [5, 5.41) is 4.72. The molecule has 0 aromatic rings. The molecular weight excluding hydrogens is 246 g/mol. The van der Waals surface area contributed by atoms with Crippen LogP contribution in [0.25, 0.3) is 0 Å². The zero-order chi connectivity index (χ0) is 13.1. The van der Waals surface area contributed by atoms with Gasteiger partial charge in [0, 0.05) is 20.1 Å². The van der Waals surface area contributed by atoms with Crippen LogP contribution in [0.1, 0.15) is 13.3 Å². The molecule has 0 bridgehead atoms. The highest BCUT2D eigenvalue weighted by molar-refractivity contribution is 6.28. The van der Waals surface area contributed by atoms with Gasteiger partial charge in [0.25, 0.3) is 0 Å². The normalized spacial score (nSPS) is 23.4. The van der Waals surface area contributed by atoms with Crippen molar-refractivity contribution in [3.63, 3.8) is 0 Å². The summed E-state index contributed by atoms with van der Waals surface area (Å²) in [6.45, 7) is 2.54. The summed E-state index contributed by atoms with van der Waals surface area (Å²) in [6, 6.07) is -0.497. The summed E-state index contributed by atoms with van der Waals surface area (Å²) >= 11 is 5.28. The molecule has 0 aromatic carbocycles. The molecule has 2 N–H and O–H groups in total. The monoisotopic (exact) mass is 261 g/mol. The minimum absolute atomic E-state index is 0.100. The van der Waals surface area contributed by atoms with Crippen molar-refractivity contribution in [1.82, 2.24) is 15.5 Å². The van der Waals surface area contributed by atoms with Crippen LogP contribution in [0.3, 0.4) is 0 Å². The Balaban J connectivity index is 2.58. The molecule has 1 unspecified atom stereocenters. The lowest BCUT2D eigenvalue weighted by Gasteiger charge is -2.22. The number of nitrogens with zero attached hydrogens (tertiary/aromatic N) is 1. The van der Waals surface area contributed by atoms with Gasteiger partial charge in [-0.2, -0.15) is 0 Å². The van der Waals surface area contributed by atoms with Crippen molar-refractivity contribution in [3.05, 3.63) is 0 Å². The second kappa shape index (κ2) is 5.35. The van der Waals surface area contributed by atoms with E-state index in [-0.39, 0.29) is 11.8 Å². The third-order valence-electron chi connectivity index (χ3n) is 2.90. The predicted octanol–water partition coefficient (Wildman–Crippen LogP) is -0.0806. The van der Waals surface area contributed by atoms with Crippen LogP contribution in [0, 0.1) is 5.41 Å². The van der Waals surface area contributed by atoms with E-state index in [2.05, 4.69) is 10.6 Å². The molecule has 1 fully saturated rings. The molecule has 96 valence electrons. The van der Waals surface area contributed by atoms with Crippen LogP contribution in [0.5, 0.6) is 0 Å². The van der Waals surface area contributed by atoms with E-state index in [1.54, 1.807) is 14.0 Å². The van der Waals surface area contributed by atoms with E-state index in [9.17, 15) is 14.4 Å². The maximum atomic E-state index is 11.6. The highest BCUT2D eigenvalue weighted by Crippen LogP contribution is 2.29. The Morgan fingerprint density at radius 1 is 1.41 bits per heavy atom. The Hall–Kier alpha value is -1.30. The molecule has 17 heavy (non-hydrogen) atoms. The SMILES string of the molecule is CNC(=O)C1(C)CCN(C(=O)NC(=O)CCl)C1. The van der Waals surface area contributed by atoms with Gasteiger partial charge in [-0.25, -0.2) is 4.79 Å². The van der Waals surface area contributed by atoms with E-state index in [0.717, 1.165) is 0 Å². The van der Waals surface area contributed by atoms with Crippen molar-refractivity contribution in [2.45, 2.75) is 13.3 Å². The van der Waals surface area contributed by atoms with Crippen LogP contribution in [-0.2, 0) is 9.59 Å². The fraction of sp³-hybridized carbons (Fsp3) is 0.700. The maximum absolute atomic E-state index is 11.6. The Labute approximate surface area is 105 Å². The van der Waals surface area contributed by atoms with Crippen molar-refractivity contribution in [3.8, 4) is 0 Å². The van der Waals surface area contributed by atoms with E-state index in [1.807, 2.05) is 0 Å². The number of nitrogens with one attached hydrogen (secondary N) is 2. The minimum atomic E-state index is -0.587. The van der Waals surface area contributed by atoms with E-state index < -0.39 is 17.4 Å². The first kappa shape index (κ1) is 13.8. The summed E-state index contributed by atoms with van der Waals surface area (Å²) in [6.07, 6.45) is 0.579. The largest absolute Gasteiger partial charge is 0.359 e. The molecule has 1 heterocycles. The summed E-state index contributed by atoms with van der Waals surface area (Å²) < 4.78 is 0.